The van der Waals surface area contributed by atoms with Crippen LogP contribution in [0.5, 0.6) is 0 Å². The Hall–Kier alpha value is -1.40. The fourth-order valence-corrected chi connectivity index (χ4v) is 9.11. The van der Waals surface area contributed by atoms with E-state index in [1.54, 1.807) is 6.08 Å². The third-order valence-electron chi connectivity index (χ3n) is 13.6. The Morgan fingerprint density at radius 3 is 1.06 bits per heavy atom. The van der Waals surface area contributed by atoms with Crippen molar-refractivity contribution < 1.29 is 24.5 Å². The zero-order valence-electron chi connectivity index (χ0n) is 43.3. The molecule has 0 aliphatic heterocycles. The summed E-state index contributed by atoms with van der Waals surface area (Å²) in [5.41, 5.74) is 0. The zero-order chi connectivity index (χ0) is 46.5. The molecule has 0 heterocycles. The van der Waals surface area contributed by atoms with Gasteiger partial charge in [0.1, 0.15) is 0 Å². The molecule has 6 heteroatoms. The molecule has 0 aromatic rings. The molecule has 64 heavy (non-hydrogen) atoms. The van der Waals surface area contributed by atoms with Gasteiger partial charge in [-0.15, -0.1) is 0 Å². The molecule has 1 amide bonds. The summed E-state index contributed by atoms with van der Waals surface area (Å²) in [6.07, 6.45) is 63.7. The minimum atomic E-state index is -0.852. The van der Waals surface area contributed by atoms with E-state index in [9.17, 15) is 19.8 Å². The van der Waals surface area contributed by atoms with Crippen LogP contribution in [0, 0.1) is 0 Å². The second kappa shape index (κ2) is 54.2. The number of hydrogen-bond donors (Lipinski definition) is 3. The highest BCUT2D eigenvalue weighted by molar-refractivity contribution is 5.76. The van der Waals surface area contributed by atoms with Gasteiger partial charge in [0.05, 0.1) is 25.4 Å². The van der Waals surface area contributed by atoms with Crippen LogP contribution in [0.4, 0.5) is 0 Å². The number of allylic oxidation sites excluding steroid dienone is 1. The fourth-order valence-electron chi connectivity index (χ4n) is 9.11. The maximum atomic E-state index is 12.5. The molecule has 0 saturated heterocycles. The summed E-state index contributed by atoms with van der Waals surface area (Å²) >= 11 is 0. The number of carbonyl (C=O) groups excluding carboxylic acids is 2. The predicted octanol–water partition coefficient (Wildman–Crippen LogP) is 17.7. The first-order valence-corrected chi connectivity index (χ1v) is 29.0. The molecular weight excluding hydrogens is 791 g/mol. The van der Waals surface area contributed by atoms with Gasteiger partial charge in [0, 0.05) is 12.8 Å². The molecule has 0 aliphatic carbocycles. The molecule has 0 bridgehead atoms. The normalized spacial score (nSPS) is 12.6. The van der Waals surface area contributed by atoms with E-state index in [1.807, 2.05) is 6.08 Å². The van der Waals surface area contributed by atoms with Gasteiger partial charge >= 0.3 is 5.97 Å². The molecular formula is C58H113NO5. The molecule has 0 aliphatic rings. The van der Waals surface area contributed by atoms with Gasteiger partial charge in [0.2, 0.25) is 5.91 Å². The van der Waals surface area contributed by atoms with Crippen molar-refractivity contribution in [1.82, 2.24) is 5.32 Å². The van der Waals surface area contributed by atoms with Crippen LogP contribution in [0.15, 0.2) is 12.2 Å². The molecule has 0 rings (SSSR count). The second-order valence-corrected chi connectivity index (χ2v) is 20.0. The molecule has 0 spiro atoms. The minimum absolute atomic E-state index is 0.00321. The number of hydrogen-bond acceptors (Lipinski definition) is 5. The lowest BCUT2D eigenvalue weighted by Gasteiger charge is -2.20. The van der Waals surface area contributed by atoms with Gasteiger partial charge in [0.15, 0.2) is 0 Å². The molecule has 0 radical (unpaired) electrons. The molecule has 3 N–H and O–H groups in total. The maximum absolute atomic E-state index is 12.5. The van der Waals surface area contributed by atoms with E-state index in [-0.39, 0.29) is 18.5 Å². The Balaban J connectivity index is 3.47. The molecule has 0 aromatic heterocycles. The molecule has 0 fully saturated rings. The van der Waals surface area contributed by atoms with E-state index in [0.29, 0.717) is 19.4 Å². The molecule has 380 valence electrons. The first-order chi connectivity index (χ1) is 31.5. The first-order valence-electron chi connectivity index (χ1n) is 29.0. The average Bonchev–Trinajstić information content (AvgIpc) is 3.29. The number of aliphatic hydroxyl groups is 2. The summed E-state index contributed by atoms with van der Waals surface area (Å²) in [7, 11) is 0. The van der Waals surface area contributed by atoms with Crippen LogP contribution in [-0.4, -0.2) is 47.4 Å². The number of aliphatic hydroxyl groups excluding tert-OH is 2. The molecule has 2 unspecified atom stereocenters. The van der Waals surface area contributed by atoms with Gasteiger partial charge in [0.25, 0.3) is 0 Å². The molecule has 2 atom stereocenters. The quantitative estimate of drug-likeness (QED) is 0.0321. The van der Waals surface area contributed by atoms with Crippen molar-refractivity contribution in [3.05, 3.63) is 12.2 Å². The van der Waals surface area contributed by atoms with E-state index >= 15 is 0 Å². The van der Waals surface area contributed by atoms with Gasteiger partial charge in [-0.2, -0.15) is 0 Å². The number of rotatable bonds is 54. The fraction of sp³-hybridized carbons (Fsp3) is 0.931. The van der Waals surface area contributed by atoms with Crippen molar-refractivity contribution in [2.45, 2.75) is 334 Å². The number of ether oxygens (including phenoxy) is 1. The highest BCUT2D eigenvalue weighted by atomic mass is 16.5. The van der Waals surface area contributed by atoms with Gasteiger partial charge in [-0.1, -0.05) is 289 Å². The monoisotopic (exact) mass is 904 g/mol. The number of carbonyl (C=O) groups is 2. The SMILES string of the molecule is CCCCCCCCCCCCCCCCCCC/C=C/C(O)C(CO)NC(=O)CCCCCCCCCCCCCCCOC(=O)CCCCCCCCCCCCCCCCC. The minimum Gasteiger partial charge on any atom is -0.466 e. The standard InChI is InChI=1S/C58H113NO5/c1-3-5-7-9-11-13-15-17-19-20-21-22-24-26-30-34-38-42-46-50-56(61)55(54-60)59-57(62)51-47-43-39-35-31-27-25-29-33-37-41-45-49-53-64-58(63)52-48-44-40-36-32-28-23-18-16-14-12-10-8-6-4-2/h46,50,55-56,60-61H,3-45,47-49,51-54H2,1-2H3,(H,59,62)/b50-46+. The Kier molecular flexibility index (Phi) is 53.0. The molecule has 0 aromatic carbocycles. The van der Waals surface area contributed by atoms with Crippen molar-refractivity contribution in [3.63, 3.8) is 0 Å². The van der Waals surface area contributed by atoms with E-state index in [2.05, 4.69) is 19.2 Å². The maximum Gasteiger partial charge on any atom is 0.305 e. The summed E-state index contributed by atoms with van der Waals surface area (Å²) in [5, 5.41) is 23.1. The van der Waals surface area contributed by atoms with Gasteiger partial charge < -0.3 is 20.3 Å². The number of esters is 1. The van der Waals surface area contributed by atoms with E-state index in [4.69, 9.17) is 4.74 Å². The topological polar surface area (TPSA) is 95.9 Å². The smallest absolute Gasteiger partial charge is 0.305 e. The Morgan fingerprint density at radius 2 is 0.719 bits per heavy atom. The summed E-state index contributed by atoms with van der Waals surface area (Å²) < 4.78 is 5.47. The van der Waals surface area contributed by atoms with Gasteiger partial charge in [-0.25, -0.2) is 0 Å². The summed E-state index contributed by atoms with van der Waals surface area (Å²) in [6.45, 7) is 4.90. The van der Waals surface area contributed by atoms with Crippen molar-refractivity contribution in [3.8, 4) is 0 Å². The van der Waals surface area contributed by atoms with Crippen molar-refractivity contribution in [2.24, 2.45) is 0 Å². The van der Waals surface area contributed by atoms with E-state index in [0.717, 1.165) is 57.8 Å². The highest BCUT2D eigenvalue weighted by Crippen LogP contribution is 2.17. The lowest BCUT2D eigenvalue weighted by molar-refractivity contribution is -0.143. The number of amides is 1. The molecule has 0 saturated carbocycles. The summed E-state index contributed by atoms with van der Waals surface area (Å²) in [5.74, 6) is -0.0808. The third kappa shape index (κ3) is 50.0. The van der Waals surface area contributed by atoms with Crippen LogP contribution in [-0.2, 0) is 14.3 Å². The van der Waals surface area contributed by atoms with Crippen LogP contribution < -0.4 is 5.32 Å². The Morgan fingerprint density at radius 1 is 0.422 bits per heavy atom. The largest absolute Gasteiger partial charge is 0.466 e. The van der Waals surface area contributed by atoms with Crippen LogP contribution in [0.1, 0.15) is 322 Å². The third-order valence-corrected chi connectivity index (χ3v) is 13.6. The van der Waals surface area contributed by atoms with Gasteiger partial charge in [-0.3, -0.25) is 9.59 Å². The second-order valence-electron chi connectivity index (χ2n) is 20.0. The van der Waals surface area contributed by atoms with Crippen molar-refractivity contribution in [1.29, 1.82) is 0 Å². The zero-order valence-corrected chi connectivity index (χ0v) is 43.3. The van der Waals surface area contributed by atoms with Crippen LogP contribution in [0.25, 0.3) is 0 Å². The van der Waals surface area contributed by atoms with Crippen LogP contribution in [0.2, 0.25) is 0 Å². The Bertz CT molecular complexity index is 955. The summed E-state index contributed by atoms with van der Waals surface area (Å²) in [6, 6.07) is -0.637. The number of unbranched alkanes of at least 4 members (excludes halogenated alkanes) is 43. The highest BCUT2D eigenvalue weighted by Gasteiger charge is 2.18. The lowest BCUT2D eigenvalue weighted by Crippen LogP contribution is -2.45. The first kappa shape index (κ1) is 62.6. The van der Waals surface area contributed by atoms with E-state index in [1.165, 1.54) is 238 Å². The Labute approximate surface area is 399 Å². The molecule has 6 nitrogen and oxygen atoms in total. The van der Waals surface area contributed by atoms with Crippen LogP contribution in [0.3, 0.4) is 0 Å². The average molecular weight is 905 g/mol. The predicted molar refractivity (Wildman–Crippen MR) is 278 cm³/mol. The van der Waals surface area contributed by atoms with Gasteiger partial charge in [-0.05, 0) is 32.1 Å². The number of nitrogens with one attached hydrogen (secondary N) is 1. The van der Waals surface area contributed by atoms with Crippen molar-refractivity contribution >= 4 is 11.9 Å². The lowest BCUT2D eigenvalue weighted by atomic mass is 10.0. The van der Waals surface area contributed by atoms with Crippen LogP contribution >= 0.6 is 0 Å². The van der Waals surface area contributed by atoms with E-state index < -0.39 is 12.1 Å². The summed E-state index contributed by atoms with van der Waals surface area (Å²) in [4.78, 5) is 24.5. The van der Waals surface area contributed by atoms with Crippen molar-refractivity contribution in [2.75, 3.05) is 13.2 Å².